The highest BCUT2D eigenvalue weighted by Gasteiger charge is 2.44. The van der Waals surface area contributed by atoms with E-state index in [0.717, 1.165) is 6.42 Å². The van der Waals surface area contributed by atoms with Crippen molar-refractivity contribution in [2.75, 3.05) is 28.8 Å². The van der Waals surface area contributed by atoms with E-state index in [2.05, 4.69) is 5.32 Å². The van der Waals surface area contributed by atoms with Gasteiger partial charge in [0.2, 0.25) is 11.8 Å². The minimum absolute atomic E-state index is 0.0469. The molecule has 2 heterocycles. The molecule has 0 bridgehead atoms. The number of amides is 3. The number of benzene rings is 2. The van der Waals surface area contributed by atoms with Crippen LogP contribution < -0.4 is 19.9 Å². The van der Waals surface area contributed by atoms with Crippen molar-refractivity contribution in [3.8, 4) is 5.75 Å². The molecule has 0 saturated carbocycles. The van der Waals surface area contributed by atoms with Crippen molar-refractivity contribution < 1.29 is 19.1 Å². The van der Waals surface area contributed by atoms with Crippen molar-refractivity contribution in [2.45, 2.75) is 32.2 Å². The van der Waals surface area contributed by atoms with Gasteiger partial charge in [0.1, 0.15) is 11.8 Å². The second-order valence-corrected chi connectivity index (χ2v) is 7.20. The van der Waals surface area contributed by atoms with Crippen molar-refractivity contribution in [2.24, 2.45) is 0 Å². The number of hydrogen-bond acceptors (Lipinski definition) is 4. The maximum Gasteiger partial charge on any atom is 0.255 e. The molecular weight excluding hydrogens is 370 g/mol. The number of fused-ring (bicyclic) bond motifs is 3. The van der Waals surface area contributed by atoms with E-state index in [4.69, 9.17) is 4.74 Å². The number of nitrogens with one attached hydrogen (secondary N) is 1. The highest BCUT2D eigenvalue weighted by molar-refractivity contribution is 6.16. The molecule has 0 radical (unpaired) electrons. The zero-order chi connectivity index (χ0) is 20.5. The molecule has 1 saturated heterocycles. The monoisotopic (exact) mass is 393 g/mol. The maximum atomic E-state index is 13.0. The Kier molecular flexibility index (Phi) is 4.96. The summed E-state index contributed by atoms with van der Waals surface area (Å²) >= 11 is 0. The molecule has 2 aromatic rings. The van der Waals surface area contributed by atoms with E-state index < -0.39 is 6.04 Å². The molecule has 2 aliphatic heterocycles. The van der Waals surface area contributed by atoms with Crippen molar-refractivity contribution in [1.82, 2.24) is 0 Å². The van der Waals surface area contributed by atoms with Crippen LogP contribution in [0.2, 0.25) is 0 Å². The van der Waals surface area contributed by atoms with Crippen molar-refractivity contribution >= 4 is 34.8 Å². The number of carbonyl (C=O) groups is 3. The number of carbonyl (C=O) groups excluding carboxylic acids is 3. The first kappa shape index (κ1) is 19.0. The largest absolute Gasteiger partial charge is 0.497 e. The van der Waals surface area contributed by atoms with Gasteiger partial charge in [0.05, 0.1) is 18.5 Å². The third-order valence-electron chi connectivity index (χ3n) is 5.33. The first-order chi connectivity index (χ1) is 14.0. The molecule has 1 atom stereocenters. The second kappa shape index (κ2) is 7.58. The highest BCUT2D eigenvalue weighted by Crippen LogP contribution is 2.41. The molecular formula is C22H23N3O4. The minimum Gasteiger partial charge on any atom is -0.497 e. The van der Waals surface area contributed by atoms with E-state index in [0.29, 0.717) is 47.8 Å². The predicted molar refractivity (Wildman–Crippen MR) is 111 cm³/mol. The van der Waals surface area contributed by atoms with Crippen LogP contribution in [0.15, 0.2) is 42.5 Å². The topological polar surface area (TPSA) is 79.0 Å². The fourth-order valence-electron chi connectivity index (χ4n) is 3.96. The van der Waals surface area contributed by atoms with Gasteiger partial charge >= 0.3 is 0 Å². The van der Waals surface area contributed by atoms with Gasteiger partial charge in [0.25, 0.3) is 5.91 Å². The zero-order valence-electron chi connectivity index (χ0n) is 16.5. The van der Waals surface area contributed by atoms with Gasteiger partial charge < -0.3 is 15.0 Å². The fourth-order valence-corrected chi connectivity index (χ4v) is 3.96. The van der Waals surface area contributed by atoms with Crippen LogP contribution in [0.1, 0.15) is 36.5 Å². The molecule has 0 aliphatic carbocycles. The Labute approximate surface area is 169 Å². The number of ether oxygens (including phenoxy) is 1. The standard InChI is InChI=1S/C22H23N3O4/c1-3-11-24-19-12-14(21(27)23-15-5-4-6-16(13-15)29-2)7-8-17(19)25-18(22(24)28)9-10-20(25)26/h4-8,12-13,18H,3,9-11H2,1-2H3,(H,23,27)/t18-/m0/s1. The Hall–Kier alpha value is -3.35. The Balaban J connectivity index is 1.68. The van der Waals surface area contributed by atoms with Gasteiger partial charge in [0, 0.05) is 30.3 Å². The van der Waals surface area contributed by atoms with E-state index >= 15 is 0 Å². The Morgan fingerprint density at radius 3 is 2.76 bits per heavy atom. The SMILES string of the molecule is CCCN1C(=O)[C@@H]2CCC(=O)N2c2ccc(C(=O)Nc3cccc(OC)c3)cc21. The zero-order valence-corrected chi connectivity index (χ0v) is 16.5. The van der Waals surface area contributed by atoms with E-state index in [-0.39, 0.29) is 17.7 Å². The summed E-state index contributed by atoms with van der Waals surface area (Å²) in [5.41, 5.74) is 2.35. The second-order valence-electron chi connectivity index (χ2n) is 7.20. The normalized spacial score (nSPS) is 17.8. The molecule has 2 aromatic carbocycles. The van der Waals surface area contributed by atoms with E-state index in [1.54, 1.807) is 59.4 Å². The summed E-state index contributed by atoms with van der Waals surface area (Å²) < 4.78 is 5.19. The van der Waals surface area contributed by atoms with Crippen LogP contribution in [0.25, 0.3) is 0 Å². The van der Waals surface area contributed by atoms with E-state index in [1.165, 1.54) is 0 Å². The average molecular weight is 393 g/mol. The van der Waals surface area contributed by atoms with E-state index in [9.17, 15) is 14.4 Å². The maximum absolute atomic E-state index is 13.0. The summed E-state index contributed by atoms with van der Waals surface area (Å²) in [6.07, 6.45) is 1.69. The number of nitrogens with zero attached hydrogens (tertiary/aromatic N) is 2. The van der Waals surface area contributed by atoms with Gasteiger partial charge in [-0.15, -0.1) is 0 Å². The Morgan fingerprint density at radius 1 is 1.17 bits per heavy atom. The predicted octanol–water partition coefficient (Wildman–Crippen LogP) is 3.20. The third-order valence-corrected chi connectivity index (χ3v) is 5.33. The van der Waals surface area contributed by atoms with E-state index in [1.807, 2.05) is 6.92 Å². The van der Waals surface area contributed by atoms with Crippen LogP contribution in [0, 0.1) is 0 Å². The summed E-state index contributed by atoms with van der Waals surface area (Å²) in [6.45, 7) is 2.55. The van der Waals surface area contributed by atoms with Crippen LogP contribution >= 0.6 is 0 Å². The van der Waals surface area contributed by atoms with Crippen LogP contribution in [-0.2, 0) is 9.59 Å². The molecule has 1 N–H and O–H groups in total. The molecule has 0 unspecified atom stereocenters. The molecule has 3 amide bonds. The summed E-state index contributed by atoms with van der Waals surface area (Å²) in [7, 11) is 1.57. The molecule has 1 fully saturated rings. The molecule has 29 heavy (non-hydrogen) atoms. The van der Waals surface area contributed by atoms with Gasteiger partial charge in [-0.05, 0) is 43.2 Å². The lowest BCUT2D eigenvalue weighted by molar-refractivity contribution is -0.122. The summed E-state index contributed by atoms with van der Waals surface area (Å²) in [5.74, 6) is 0.233. The van der Waals surface area contributed by atoms with Crippen molar-refractivity contribution in [3.63, 3.8) is 0 Å². The molecule has 0 aromatic heterocycles. The summed E-state index contributed by atoms with van der Waals surface area (Å²) in [6, 6.07) is 11.8. The summed E-state index contributed by atoms with van der Waals surface area (Å²) in [4.78, 5) is 41.4. The lowest BCUT2D eigenvalue weighted by Crippen LogP contribution is -2.52. The highest BCUT2D eigenvalue weighted by atomic mass is 16.5. The van der Waals surface area contributed by atoms with Crippen molar-refractivity contribution in [3.05, 3.63) is 48.0 Å². The molecule has 7 nitrogen and oxygen atoms in total. The average Bonchev–Trinajstić information content (AvgIpc) is 3.12. The third kappa shape index (κ3) is 3.33. The number of rotatable bonds is 5. The van der Waals surface area contributed by atoms with Gasteiger partial charge in [-0.2, -0.15) is 0 Å². The molecule has 0 spiro atoms. The van der Waals surface area contributed by atoms with Gasteiger partial charge in [-0.3, -0.25) is 19.3 Å². The number of methoxy groups -OCH3 is 1. The van der Waals surface area contributed by atoms with Crippen LogP contribution in [0.4, 0.5) is 17.1 Å². The lowest BCUT2D eigenvalue weighted by atomic mass is 10.0. The molecule has 7 heteroatoms. The minimum atomic E-state index is -0.432. The lowest BCUT2D eigenvalue weighted by Gasteiger charge is -2.38. The van der Waals surface area contributed by atoms with Crippen LogP contribution in [0.5, 0.6) is 5.75 Å². The smallest absolute Gasteiger partial charge is 0.255 e. The number of anilines is 3. The Morgan fingerprint density at radius 2 is 2.00 bits per heavy atom. The summed E-state index contributed by atoms with van der Waals surface area (Å²) in [5, 5.41) is 2.85. The van der Waals surface area contributed by atoms with Gasteiger partial charge in [-0.1, -0.05) is 13.0 Å². The fraction of sp³-hybridized carbons (Fsp3) is 0.318. The van der Waals surface area contributed by atoms with Crippen LogP contribution in [0.3, 0.4) is 0 Å². The molecule has 4 rings (SSSR count). The quantitative estimate of drug-likeness (QED) is 0.846. The Bertz CT molecular complexity index is 988. The van der Waals surface area contributed by atoms with Gasteiger partial charge in [-0.25, -0.2) is 0 Å². The first-order valence-corrected chi connectivity index (χ1v) is 9.76. The van der Waals surface area contributed by atoms with Crippen molar-refractivity contribution in [1.29, 1.82) is 0 Å². The number of hydrogen-bond donors (Lipinski definition) is 1. The molecule has 150 valence electrons. The van der Waals surface area contributed by atoms with Gasteiger partial charge in [0.15, 0.2) is 0 Å². The first-order valence-electron chi connectivity index (χ1n) is 9.76. The molecule has 2 aliphatic rings. The van der Waals surface area contributed by atoms with Crippen LogP contribution in [-0.4, -0.2) is 37.4 Å².